The number of carbonyl (C=O) groups excluding carboxylic acids is 1. The van der Waals surface area contributed by atoms with E-state index in [0.29, 0.717) is 16.9 Å². The monoisotopic (exact) mass is 403 g/mol. The van der Waals surface area contributed by atoms with Crippen molar-refractivity contribution in [3.63, 3.8) is 0 Å². The maximum Gasteiger partial charge on any atom is 0.256 e. The van der Waals surface area contributed by atoms with Crippen molar-refractivity contribution in [3.8, 4) is 22.4 Å². The number of aromatic nitrogens is 2. The maximum atomic E-state index is 12.8. The van der Waals surface area contributed by atoms with Crippen molar-refractivity contribution in [2.24, 2.45) is 0 Å². The largest absolute Gasteiger partial charge is 0.319 e. The quantitative estimate of drug-likeness (QED) is 0.387. The van der Waals surface area contributed by atoms with E-state index in [1.165, 1.54) is 11.1 Å². The molecule has 2 heterocycles. The zero-order valence-corrected chi connectivity index (χ0v) is 17.1. The first-order chi connectivity index (χ1) is 15.2. The number of hydrogen-bond acceptors (Lipinski definition) is 2. The van der Waals surface area contributed by atoms with Gasteiger partial charge < -0.3 is 9.72 Å². The van der Waals surface area contributed by atoms with Crippen LogP contribution in [0.1, 0.15) is 15.9 Å². The molecule has 0 unspecified atom stereocenters. The van der Waals surface area contributed by atoms with Gasteiger partial charge in [0.05, 0.1) is 11.4 Å². The molecule has 0 saturated carbocycles. The summed E-state index contributed by atoms with van der Waals surface area (Å²) >= 11 is 0. The van der Waals surface area contributed by atoms with Gasteiger partial charge in [-0.1, -0.05) is 72.8 Å². The third-order valence-corrected chi connectivity index (χ3v) is 5.41. The second kappa shape index (κ2) is 7.92. The van der Waals surface area contributed by atoms with Crippen LogP contribution in [0.15, 0.2) is 103 Å². The van der Waals surface area contributed by atoms with Crippen molar-refractivity contribution in [1.82, 2.24) is 9.38 Å². The molecule has 1 amide bonds. The fourth-order valence-corrected chi connectivity index (χ4v) is 3.73. The van der Waals surface area contributed by atoms with E-state index in [4.69, 9.17) is 4.98 Å². The third kappa shape index (κ3) is 3.71. The van der Waals surface area contributed by atoms with Crippen LogP contribution in [0.4, 0.5) is 5.69 Å². The molecule has 0 bridgehead atoms. The Hall–Kier alpha value is -4.18. The topological polar surface area (TPSA) is 46.4 Å². The maximum absolute atomic E-state index is 12.8. The van der Waals surface area contributed by atoms with Crippen molar-refractivity contribution in [1.29, 1.82) is 0 Å². The molecule has 31 heavy (non-hydrogen) atoms. The van der Waals surface area contributed by atoms with Gasteiger partial charge in [0, 0.05) is 23.5 Å². The molecule has 0 atom stereocenters. The number of amides is 1. The Kier molecular flexibility index (Phi) is 4.81. The lowest BCUT2D eigenvalue weighted by atomic mass is 10.0. The fraction of sp³-hybridized carbons (Fsp3) is 0.0370. The Morgan fingerprint density at radius 3 is 2.23 bits per heavy atom. The molecule has 0 aliphatic carbocycles. The number of fused-ring (bicyclic) bond motifs is 1. The molecule has 3 aromatic carbocycles. The first-order valence-corrected chi connectivity index (χ1v) is 10.2. The Morgan fingerprint density at radius 1 is 0.774 bits per heavy atom. The summed E-state index contributed by atoms with van der Waals surface area (Å²) in [4.78, 5) is 17.6. The van der Waals surface area contributed by atoms with Gasteiger partial charge in [-0.15, -0.1) is 0 Å². The average molecular weight is 403 g/mol. The Bertz CT molecular complexity index is 1370. The van der Waals surface area contributed by atoms with Crippen molar-refractivity contribution < 1.29 is 4.79 Å². The molecule has 5 rings (SSSR count). The van der Waals surface area contributed by atoms with Crippen LogP contribution in [0, 0.1) is 6.92 Å². The molecule has 0 aliphatic rings. The number of benzene rings is 3. The number of rotatable bonds is 4. The van der Waals surface area contributed by atoms with Crippen LogP contribution in [-0.4, -0.2) is 15.3 Å². The molecule has 2 aromatic heterocycles. The number of pyridine rings is 1. The lowest BCUT2D eigenvalue weighted by molar-refractivity contribution is 0.102. The minimum atomic E-state index is -0.136. The van der Waals surface area contributed by atoms with Gasteiger partial charge in [0.15, 0.2) is 5.65 Å². The highest BCUT2D eigenvalue weighted by atomic mass is 16.1. The second-order valence-corrected chi connectivity index (χ2v) is 7.49. The zero-order valence-electron chi connectivity index (χ0n) is 17.1. The van der Waals surface area contributed by atoms with Crippen LogP contribution in [0.2, 0.25) is 0 Å². The Labute approximate surface area is 180 Å². The molecule has 0 radical (unpaired) electrons. The molecule has 5 aromatic rings. The van der Waals surface area contributed by atoms with Gasteiger partial charge in [0.2, 0.25) is 0 Å². The molecule has 4 nitrogen and oxygen atoms in total. The summed E-state index contributed by atoms with van der Waals surface area (Å²) in [5, 5.41) is 3.02. The summed E-state index contributed by atoms with van der Waals surface area (Å²) in [5.41, 5.74) is 7.23. The summed E-state index contributed by atoms with van der Waals surface area (Å²) < 4.78 is 1.94. The molecule has 4 heteroatoms. The minimum Gasteiger partial charge on any atom is -0.319 e. The van der Waals surface area contributed by atoms with Gasteiger partial charge in [-0.05, 0) is 41.8 Å². The molecule has 0 saturated heterocycles. The van der Waals surface area contributed by atoms with Crippen molar-refractivity contribution in [2.45, 2.75) is 6.92 Å². The summed E-state index contributed by atoms with van der Waals surface area (Å²) in [6.07, 6.45) is 3.92. The van der Waals surface area contributed by atoms with Gasteiger partial charge in [-0.2, -0.15) is 0 Å². The van der Waals surface area contributed by atoms with Gasteiger partial charge in [0.25, 0.3) is 5.91 Å². The predicted octanol–water partition coefficient (Wildman–Crippen LogP) is 6.23. The van der Waals surface area contributed by atoms with Crippen LogP contribution in [-0.2, 0) is 0 Å². The molecule has 0 fully saturated rings. The molecular weight excluding hydrogens is 382 g/mol. The van der Waals surface area contributed by atoms with Gasteiger partial charge in [-0.25, -0.2) is 4.98 Å². The summed E-state index contributed by atoms with van der Waals surface area (Å²) in [6, 6.07) is 30.0. The van der Waals surface area contributed by atoms with E-state index < -0.39 is 0 Å². The Balaban J connectivity index is 1.46. The fourth-order valence-electron chi connectivity index (χ4n) is 3.73. The summed E-state index contributed by atoms with van der Waals surface area (Å²) in [7, 11) is 0. The predicted molar refractivity (Wildman–Crippen MR) is 125 cm³/mol. The molecule has 1 N–H and O–H groups in total. The van der Waals surface area contributed by atoms with Crippen LogP contribution < -0.4 is 5.32 Å². The number of nitrogens with one attached hydrogen (secondary N) is 1. The molecule has 0 aliphatic heterocycles. The van der Waals surface area contributed by atoms with E-state index in [1.54, 1.807) is 0 Å². The van der Waals surface area contributed by atoms with Gasteiger partial charge >= 0.3 is 0 Å². The standard InChI is InChI=1S/C27H21N3O/c1-19-8-5-6-11-23(19)27(31)29-24-12-7-17-30-18-25(28-26(24)30)22-15-13-21(14-16-22)20-9-3-2-4-10-20/h2-18H,1H3,(H,29,31). The number of hydrogen-bond donors (Lipinski definition) is 1. The number of anilines is 1. The number of carbonyl (C=O) groups is 1. The van der Waals surface area contributed by atoms with Crippen LogP contribution in [0.3, 0.4) is 0 Å². The van der Waals surface area contributed by atoms with Crippen LogP contribution >= 0.6 is 0 Å². The molecule has 0 spiro atoms. The second-order valence-electron chi connectivity index (χ2n) is 7.49. The molecular formula is C27H21N3O. The summed E-state index contributed by atoms with van der Waals surface area (Å²) in [5.74, 6) is -0.136. The van der Waals surface area contributed by atoms with E-state index in [0.717, 1.165) is 16.8 Å². The van der Waals surface area contributed by atoms with E-state index in [-0.39, 0.29) is 5.91 Å². The Morgan fingerprint density at radius 2 is 1.45 bits per heavy atom. The van der Waals surface area contributed by atoms with E-state index in [2.05, 4.69) is 41.7 Å². The van der Waals surface area contributed by atoms with E-state index in [1.807, 2.05) is 78.3 Å². The van der Waals surface area contributed by atoms with Crippen molar-refractivity contribution in [2.75, 3.05) is 5.32 Å². The SMILES string of the molecule is Cc1ccccc1C(=O)Nc1cccn2cc(-c3ccc(-c4ccccc4)cc3)nc12. The lowest BCUT2D eigenvalue weighted by Gasteiger charge is -2.08. The smallest absolute Gasteiger partial charge is 0.256 e. The summed E-state index contributed by atoms with van der Waals surface area (Å²) in [6.45, 7) is 1.93. The highest BCUT2D eigenvalue weighted by molar-refractivity contribution is 6.07. The molecule has 150 valence electrons. The van der Waals surface area contributed by atoms with E-state index in [9.17, 15) is 4.79 Å². The van der Waals surface area contributed by atoms with Crippen molar-refractivity contribution in [3.05, 3.63) is 115 Å². The van der Waals surface area contributed by atoms with Gasteiger partial charge in [-0.3, -0.25) is 4.79 Å². The third-order valence-electron chi connectivity index (χ3n) is 5.41. The zero-order chi connectivity index (χ0) is 21.2. The minimum absolute atomic E-state index is 0.136. The number of aryl methyl sites for hydroxylation is 1. The van der Waals surface area contributed by atoms with Crippen LogP contribution in [0.25, 0.3) is 28.0 Å². The first kappa shape index (κ1) is 18.8. The first-order valence-electron chi connectivity index (χ1n) is 10.2. The average Bonchev–Trinajstić information content (AvgIpc) is 3.25. The highest BCUT2D eigenvalue weighted by Gasteiger charge is 2.13. The van der Waals surface area contributed by atoms with Gasteiger partial charge in [0.1, 0.15) is 0 Å². The van der Waals surface area contributed by atoms with Crippen molar-refractivity contribution >= 4 is 17.2 Å². The number of nitrogens with zero attached hydrogens (tertiary/aromatic N) is 2. The van der Waals surface area contributed by atoms with Crippen LogP contribution in [0.5, 0.6) is 0 Å². The normalized spacial score (nSPS) is 10.9. The lowest BCUT2D eigenvalue weighted by Crippen LogP contribution is -2.14. The van der Waals surface area contributed by atoms with E-state index >= 15 is 0 Å². The highest BCUT2D eigenvalue weighted by Crippen LogP contribution is 2.26. The number of imidazole rings is 1.